The Morgan fingerprint density at radius 2 is 0.886 bits per heavy atom. The van der Waals surface area contributed by atoms with Gasteiger partial charge in [0.25, 0.3) is 11.8 Å². The monoisotopic (exact) mass is 650 g/mol. The SMILES string of the molecule is CCO[Si](C)(CCCNC(=O)c1cc2cc(C(=O)O)c(C(=O)NCCC[Si](C)(OCC)OCC)cc2cc1C(=O)O)OCC. The van der Waals surface area contributed by atoms with Gasteiger partial charge in [-0.25, -0.2) is 9.59 Å². The largest absolute Gasteiger partial charge is 0.478 e. The van der Waals surface area contributed by atoms with Gasteiger partial charge in [0.2, 0.25) is 0 Å². The van der Waals surface area contributed by atoms with Crippen LogP contribution in [0, 0.1) is 0 Å². The first-order chi connectivity index (χ1) is 20.8. The third-order valence-corrected chi connectivity index (χ3v) is 13.2. The molecule has 2 aromatic rings. The molecular formula is C30H46N2O10Si2. The van der Waals surface area contributed by atoms with Crippen molar-refractivity contribution < 1.29 is 47.1 Å². The number of amides is 2. The van der Waals surface area contributed by atoms with Crippen LogP contribution in [0.2, 0.25) is 25.2 Å². The maximum Gasteiger partial charge on any atom is 0.336 e. The van der Waals surface area contributed by atoms with Crippen molar-refractivity contribution in [2.75, 3.05) is 39.5 Å². The van der Waals surface area contributed by atoms with Gasteiger partial charge in [0.1, 0.15) is 0 Å². The molecule has 0 aliphatic rings. The topological polar surface area (TPSA) is 170 Å². The van der Waals surface area contributed by atoms with Crippen LogP contribution < -0.4 is 10.6 Å². The summed E-state index contributed by atoms with van der Waals surface area (Å²) in [4.78, 5) is 50.4. The Labute approximate surface area is 260 Å². The maximum atomic E-state index is 13.1. The van der Waals surface area contributed by atoms with Gasteiger partial charge >= 0.3 is 29.1 Å². The van der Waals surface area contributed by atoms with E-state index in [1.54, 1.807) is 0 Å². The fourth-order valence-electron chi connectivity index (χ4n) is 5.09. The highest BCUT2D eigenvalue weighted by Gasteiger charge is 2.31. The molecule has 0 saturated carbocycles. The zero-order chi connectivity index (χ0) is 32.9. The molecule has 44 heavy (non-hydrogen) atoms. The number of rotatable bonds is 20. The van der Waals surface area contributed by atoms with Crippen molar-refractivity contribution in [3.63, 3.8) is 0 Å². The molecule has 0 aromatic heterocycles. The Morgan fingerprint density at radius 1 is 0.591 bits per heavy atom. The third-order valence-electron chi connectivity index (χ3n) is 7.05. The number of carbonyl (C=O) groups excluding carboxylic acids is 2. The number of hydrogen-bond acceptors (Lipinski definition) is 8. The minimum absolute atomic E-state index is 0.107. The zero-order valence-electron chi connectivity index (χ0n) is 26.5. The highest BCUT2D eigenvalue weighted by molar-refractivity contribution is 6.66. The summed E-state index contributed by atoms with van der Waals surface area (Å²) in [6, 6.07) is 6.54. The minimum Gasteiger partial charge on any atom is -0.478 e. The number of carbonyl (C=O) groups is 4. The number of carboxylic acid groups (broad SMARTS) is 2. The molecular weight excluding hydrogens is 605 g/mol. The Balaban J connectivity index is 2.25. The molecule has 12 nitrogen and oxygen atoms in total. The number of hydrogen-bond donors (Lipinski definition) is 4. The first-order valence-electron chi connectivity index (χ1n) is 15.0. The van der Waals surface area contributed by atoms with Gasteiger partial charge < -0.3 is 38.6 Å². The Hall–Kier alpha value is -3.15. The average Bonchev–Trinajstić information content (AvgIpc) is 2.96. The molecule has 0 unspecified atom stereocenters. The van der Waals surface area contributed by atoms with Gasteiger partial charge in [0.05, 0.1) is 22.3 Å². The quantitative estimate of drug-likeness (QED) is 0.116. The van der Waals surface area contributed by atoms with E-state index in [0.29, 0.717) is 62.1 Å². The van der Waals surface area contributed by atoms with E-state index < -0.39 is 40.9 Å². The second kappa shape index (κ2) is 17.4. The van der Waals surface area contributed by atoms with Crippen LogP contribution in [0.4, 0.5) is 0 Å². The van der Waals surface area contributed by atoms with E-state index in [-0.39, 0.29) is 35.3 Å². The summed E-state index contributed by atoms with van der Waals surface area (Å²) >= 11 is 0. The van der Waals surface area contributed by atoms with Gasteiger partial charge in [-0.3, -0.25) is 9.59 Å². The highest BCUT2D eigenvalue weighted by atomic mass is 28.4. The molecule has 2 amide bonds. The number of fused-ring (bicyclic) bond motifs is 1. The Bertz CT molecular complexity index is 1210. The van der Waals surface area contributed by atoms with Crippen molar-refractivity contribution in [3.8, 4) is 0 Å². The standard InChI is InChI=1S/C30H46N2O10Si2/c1-7-39-43(5,40-8-2)15-11-13-31-27(33)23-17-21-20-26(30(37)38)24(18-22(21)19-25(23)29(35)36)28(34)32-14-12-16-44(6,41-9-3)42-10-4/h17-20H,7-16H2,1-6H3,(H,31,33)(H,32,34)(H,35,36)(H,37,38). The van der Waals surface area contributed by atoms with E-state index in [4.69, 9.17) is 17.7 Å². The Kier molecular flexibility index (Phi) is 14.6. The molecule has 0 radical (unpaired) electrons. The van der Waals surface area contributed by atoms with Crippen LogP contribution in [0.5, 0.6) is 0 Å². The fourth-order valence-corrected chi connectivity index (χ4v) is 9.91. The van der Waals surface area contributed by atoms with Gasteiger partial charge in [0, 0.05) is 39.5 Å². The van der Waals surface area contributed by atoms with Crippen LogP contribution in [0.1, 0.15) is 82.0 Å². The molecule has 4 N–H and O–H groups in total. The number of benzene rings is 2. The van der Waals surface area contributed by atoms with Gasteiger partial charge in [-0.1, -0.05) is 0 Å². The summed E-state index contributed by atoms with van der Waals surface area (Å²) in [6.45, 7) is 14.2. The summed E-state index contributed by atoms with van der Waals surface area (Å²) < 4.78 is 23.3. The second-order valence-electron chi connectivity index (χ2n) is 10.5. The maximum absolute atomic E-state index is 13.1. The van der Waals surface area contributed by atoms with Crippen LogP contribution in [-0.4, -0.2) is 90.6 Å². The van der Waals surface area contributed by atoms with Gasteiger partial charge in [-0.2, -0.15) is 0 Å². The molecule has 0 aliphatic heterocycles. The lowest BCUT2D eigenvalue weighted by atomic mass is 9.95. The predicted octanol–water partition coefficient (Wildman–Crippen LogP) is 4.77. The van der Waals surface area contributed by atoms with Gasteiger partial charge in [-0.05, 0) is 101 Å². The van der Waals surface area contributed by atoms with Crippen LogP contribution in [0.15, 0.2) is 24.3 Å². The van der Waals surface area contributed by atoms with Crippen molar-refractivity contribution in [2.24, 2.45) is 0 Å². The van der Waals surface area contributed by atoms with Crippen molar-refractivity contribution >= 4 is 51.6 Å². The molecule has 2 aromatic carbocycles. The first-order valence-corrected chi connectivity index (χ1v) is 20.1. The number of nitrogens with one attached hydrogen (secondary N) is 2. The summed E-state index contributed by atoms with van der Waals surface area (Å²) in [6.07, 6.45) is 1.15. The Morgan fingerprint density at radius 3 is 1.16 bits per heavy atom. The van der Waals surface area contributed by atoms with E-state index >= 15 is 0 Å². The third kappa shape index (κ3) is 10.5. The summed E-state index contributed by atoms with van der Waals surface area (Å²) in [5, 5.41) is 25.9. The molecule has 0 saturated heterocycles. The van der Waals surface area contributed by atoms with Crippen molar-refractivity contribution in [3.05, 3.63) is 46.5 Å². The summed E-state index contributed by atoms with van der Waals surface area (Å²) in [5.74, 6) is -3.86. The molecule has 0 aliphatic carbocycles. The van der Waals surface area contributed by atoms with Crippen molar-refractivity contribution in [1.82, 2.24) is 10.6 Å². The van der Waals surface area contributed by atoms with E-state index in [1.165, 1.54) is 24.3 Å². The van der Waals surface area contributed by atoms with Gasteiger partial charge in [-0.15, -0.1) is 0 Å². The van der Waals surface area contributed by atoms with Crippen LogP contribution >= 0.6 is 0 Å². The molecule has 0 fully saturated rings. The first kappa shape index (κ1) is 37.0. The van der Waals surface area contributed by atoms with Crippen molar-refractivity contribution in [1.29, 1.82) is 0 Å². The highest BCUT2D eigenvalue weighted by Crippen LogP contribution is 2.26. The molecule has 0 bridgehead atoms. The smallest absolute Gasteiger partial charge is 0.336 e. The lowest BCUT2D eigenvalue weighted by molar-refractivity contribution is 0.0682. The molecule has 244 valence electrons. The van der Waals surface area contributed by atoms with Crippen LogP contribution in [0.25, 0.3) is 10.8 Å². The average molecular weight is 651 g/mol. The normalized spacial score (nSPS) is 11.9. The van der Waals surface area contributed by atoms with E-state index in [1.807, 2.05) is 40.8 Å². The summed E-state index contributed by atoms with van der Waals surface area (Å²) in [7, 11) is -4.73. The van der Waals surface area contributed by atoms with Crippen molar-refractivity contribution in [2.45, 2.75) is 65.7 Å². The number of aromatic carboxylic acids is 2. The molecule has 0 heterocycles. The molecule has 14 heteroatoms. The van der Waals surface area contributed by atoms with Crippen LogP contribution in [-0.2, 0) is 17.7 Å². The lowest BCUT2D eigenvalue weighted by Crippen LogP contribution is -2.39. The number of carboxylic acids is 2. The van der Waals surface area contributed by atoms with Crippen LogP contribution in [0.3, 0.4) is 0 Å². The molecule has 0 atom stereocenters. The second-order valence-corrected chi connectivity index (χ2v) is 17.2. The predicted molar refractivity (Wildman–Crippen MR) is 171 cm³/mol. The van der Waals surface area contributed by atoms with E-state index in [0.717, 1.165) is 0 Å². The van der Waals surface area contributed by atoms with E-state index in [2.05, 4.69) is 10.6 Å². The summed E-state index contributed by atoms with van der Waals surface area (Å²) in [5.41, 5.74) is -0.736. The van der Waals surface area contributed by atoms with E-state index in [9.17, 15) is 29.4 Å². The van der Waals surface area contributed by atoms with Gasteiger partial charge in [0.15, 0.2) is 0 Å². The molecule has 0 spiro atoms. The zero-order valence-corrected chi connectivity index (χ0v) is 28.5. The lowest BCUT2D eigenvalue weighted by Gasteiger charge is -2.26. The fraction of sp³-hybridized carbons (Fsp3) is 0.533. The minimum atomic E-state index is -2.37. The molecule has 2 rings (SSSR count).